The summed E-state index contributed by atoms with van der Waals surface area (Å²) in [5.74, 6) is 0. The van der Waals surface area contributed by atoms with Gasteiger partial charge in [-0.25, -0.2) is 0 Å². The van der Waals surface area contributed by atoms with Gasteiger partial charge in [0.25, 0.3) is 0 Å². The molecule has 0 heterocycles. The van der Waals surface area contributed by atoms with Crippen LogP contribution in [0.2, 0.25) is 0 Å². The van der Waals surface area contributed by atoms with Crippen molar-refractivity contribution in [3.05, 3.63) is 35.9 Å². The Labute approximate surface area is 112 Å². The number of hydrogen-bond donors (Lipinski definition) is 0. The van der Waals surface area contributed by atoms with Gasteiger partial charge in [-0.1, -0.05) is 37.6 Å². The minimum atomic E-state index is 0. The van der Waals surface area contributed by atoms with Gasteiger partial charge in [-0.3, -0.25) is 0 Å². The van der Waals surface area contributed by atoms with Crippen molar-refractivity contribution >= 4 is 51.4 Å². The van der Waals surface area contributed by atoms with E-state index in [0.29, 0.717) is 0 Å². The molecular formula is C10H14K. The number of aryl methyl sites for hydroxylation is 1. The van der Waals surface area contributed by atoms with E-state index in [1.165, 1.54) is 24.8 Å². The molecule has 0 bridgehead atoms. The Kier molecular flexibility index (Phi) is 8.09. The van der Waals surface area contributed by atoms with Gasteiger partial charge in [-0.2, -0.15) is 0 Å². The van der Waals surface area contributed by atoms with Crippen LogP contribution in [0.3, 0.4) is 0 Å². The van der Waals surface area contributed by atoms with Crippen LogP contribution in [-0.2, 0) is 6.42 Å². The van der Waals surface area contributed by atoms with Crippen molar-refractivity contribution in [1.29, 1.82) is 0 Å². The molecule has 0 fully saturated rings. The molecule has 1 aromatic carbocycles. The molecule has 1 radical (unpaired) electrons. The molecule has 0 spiro atoms. The first kappa shape index (κ1) is 11.9. The van der Waals surface area contributed by atoms with E-state index in [2.05, 4.69) is 25.1 Å². The second-order valence-corrected chi connectivity index (χ2v) is 2.49. The molecule has 1 heteroatoms. The second kappa shape index (κ2) is 7.50. The average molecular weight is 173 g/mol. The minimum absolute atomic E-state index is 0. The Morgan fingerprint density at radius 2 is 2.18 bits per heavy atom. The Hall–Kier alpha value is 0.856. The van der Waals surface area contributed by atoms with Crippen LogP contribution in [0.1, 0.15) is 25.3 Å². The maximum atomic E-state index is 3.20. The summed E-state index contributed by atoms with van der Waals surface area (Å²) >= 11 is 0. The topological polar surface area (TPSA) is 0 Å². The Morgan fingerprint density at radius 3 is 2.73 bits per heavy atom. The van der Waals surface area contributed by atoms with Crippen molar-refractivity contribution in [2.45, 2.75) is 26.2 Å². The van der Waals surface area contributed by atoms with Gasteiger partial charge in [0.05, 0.1) is 0 Å². The third-order valence-corrected chi connectivity index (χ3v) is 1.57. The van der Waals surface area contributed by atoms with Crippen LogP contribution in [0.25, 0.3) is 0 Å². The number of benzene rings is 1. The fourth-order valence-corrected chi connectivity index (χ4v) is 0.953. The zero-order valence-electron chi connectivity index (χ0n) is 6.43. The fraction of sp³-hybridized carbons (Fsp3) is 0.400. The van der Waals surface area contributed by atoms with Crippen LogP contribution >= 0.6 is 0 Å². The Bertz CT molecular complexity index is 169. The molecule has 0 aromatic heterocycles. The van der Waals surface area contributed by atoms with Gasteiger partial charge >= 0.3 is 51.4 Å². The van der Waals surface area contributed by atoms with Crippen LogP contribution in [0.4, 0.5) is 0 Å². The molecule has 1 rings (SSSR count). The molecule has 11 heavy (non-hydrogen) atoms. The number of unbranched alkanes of at least 4 members (excludes halogenated alkanes) is 1. The molecule has 0 unspecified atom stereocenters. The molecule has 55 valence electrons. The standard InChI is InChI=1S/C10H13.K.H/c1-2-3-7-10-8-5-4-6-9-10;;/h4-6,8H,2-3,7H2,1H3;;. The fourth-order valence-electron chi connectivity index (χ4n) is 0.953. The van der Waals surface area contributed by atoms with E-state index in [-0.39, 0.29) is 51.4 Å². The van der Waals surface area contributed by atoms with E-state index in [9.17, 15) is 0 Å². The summed E-state index contributed by atoms with van der Waals surface area (Å²) < 4.78 is 0. The third-order valence-electron chi connectivity index (χ3n) is 1.57. The van der Waals surface area contributed by atoms with Gasteiger partial charge in [0.1, 0.15) is 0 Å². The molecule has 0 nitrogen and oxygen atoms in total. The van der Waals surface area contributed by atoms with Crippen molar-refractivity contribution in [1.82, 2.24) is 0 Å². The zero-order valence-corrected chi connectivity index (χ0v) is 6.43. The summed E-state index contributed by atoms with van der Waals surface area (Å²) in [6.45, 7) is 2.21. The predicted octanol–water partition coefficient (Wildman–Crippen LogP) is 2.18. The predicted molar refractivity (Wildman–Crippen MR) is 51.0 cm³/mol. The van der Waals surface area contributed by atoms with Gasteiger partial charge in [-0.05, 0) is 24.5 Å². The van der Waals surface area contributed by atoms with Crippen molar-refractivity contribution in [2.24, 2.45) is 0 Å². The molecule has 0 N–H and O–H groups in total. The summed E-state index contributed by atoms with van der Waals surface area (Å²) in [6.07, 6.45) is 3.72. The van der Waals surface area contributed by atoms with Gasteiger partial charge in [-0.15, -0.1) is 0 Å². The summed E-state index contributed by atoms with van der Waals surface area (Å²) in [6, 6.07) is 11.4. The number of rotatable bonds is 3. The average Bonchev–Trinajstić information content (AvgIpc) is 2.03. The molecule has 0 amide bonds. The van der Waals surface area contributed by atoms with Crippen molar-refractivity contribution in [2.75, 3.05) is 0 Å². The molecule has 0 saturated heterocycles. The molecule has 0 saturated carbocycles. The van der Waals surface area contributed by atoms with Crippen molar-refractivity contribution < 1.29 is 0 Å². The summed E-state index contributed by atoms with van der Waals surface area (Å²) in [4.78, 5) is 0. The second-order valence-electron chi connectivity index (χ2n) is 2.49. The molecule has 0 aliphatic heterocycles. The van der Waals surface area contributed by atoms with E-state index in [0.717, 1.165) is 0 Å². The zero-order chi connectivity index (χ0) is 7.23. The first-order chi connectivity index (χ1) is 4.93. The Balaban J connectivity index is 0.000001000. The monoisotopic (exact) mass is 173 g/mol. The normalized spacial score (nSPS) is 8.82. The summed E-state index contributed by atoms with van der Waals surface area (Å²) in [7, 11) is 0. The molecule has 1 aromatic rings. The van der Waals surface area contributed by atoms with Crippen LogP contribution in [0, 0.1) is 6.07 Å². The van der Waals surface area contributed by atoms with Crippen LogP contribution in [0.5, 0.6) is 0 Å². The van der Waals surface area contributed by atoms with Gasteiger partial charge in [0, 0.05) is 0 Å². The first-order valence-electron chi connectivity index (χ1n) is 3.89. The van der Waals surface area contributed by atoms with Crippen molar-refractivity contribution in [3.8, 4) is 0 Å². The van der Waals surface area contributed by atoms with Gasteiger partial charge < -0.3 is 0 Å². The van der Waals surface area contributed by atoms with Crippen LogP contribution in [0.15, 0.2) is 24.3 Å². The van der Waals surface area contributed by atoms with E-state index >= 15 is 0 Å². The van der Waals surface area contributed by atoms with E-state index in [1.807, 2.05) is 12.1 Å². The SMILES string of the molecule is CCCCc1[c]cccc1.[KH]. The van der Waals surface area contributed by atoms with Gasteiger partial charge in [0.2, 0.25) is 0 Å². The van der Waals surface area contributed by atoms with E-state index in [1.54, 1.807) is 0 Å². The van der Waals surface area contributed by atoms with Crippen molar-refractivity contribution in [3.63, 3.8) is 0 Å². The van der Waals surface area contributed by atoms with Crippen LogP contribution in [-0.4, -0.2) is 51.4 Å². The molecular weight excluding hydrogens is 159 g/mol. The van der Waals surface area contributed by atoms with Crippen LogP contribution < -0.4 is 0 Å². The third kappa shape index (κ3) is 5.15. The quantitative estimate of drug-likeness (QED) is 0.615. The van der Waals surface area contributed by atoms with E-state index in [4.69, 9.17) is 0 Å². The van der Waals surface area contributed by atoms with E-state index < -0.39 is 0 Å². The Morgan fingerprint density at radius 1 is 1.36 bits per heavy atom. The van der Waals surface area contributed by atoms with Gasteiger partial charge in [0.15, 0.2) is 0 Å². The molecule has 0 aliphatic rings. The number of hydrogen-bond acceptors (Lipinski definition) is 0. The summed E-state index contributed by atoms with van der Waals surface area (Å²) in [5.41, 5.74) is 1.34. The maximum absolute atomic E-state index is 3.20. The first-order valence-corrected chi connectivity index (χ1v) is 3.89. The molecule has 0 aliphatic carbocycles. The summed E-state index contributed by atoms with van der Waals surface area (Å²) in [5, 5.41) is 0. The molecule has 0 atom stereocenters.